The minimum atomic E-state index is -0.318. The van der Waals surface area contributed by atoms with Crippen molar-refractivity contribution in [3.63, 3.8) is 0 Å². The number of benzene rings is 1. The Bertz CT molecular complexity index is 695. The van der Waals surface area contributed by atoms with Gasteiger partial charge < -0.3 is 10.1 Å². The highest BCUT2D eigenvalue weighted by atomic mass is 32.2. The highest BCUT2D eigenvalue weighted by Crippen LogP contribution is 2.39. The highest BCUT2D eigenvalue weighted by molar-refractivity contribution is 7.98. The van der Waals surface area contributed by atoms with Crippen LogP contribution >= 0.6 is 11.8 Å². The number of carbonyl (C=O) groups excluding carboxylic acids is 1. The van der Waals surface area contributed by atoms with Crippen LogP contribution in [0.3, 0.4) is 0 Å². The van der Waals surface area contributed by atoms with Gasteiger partial charge in [-0.1, -0.05) is 36.7 Å². The van der Waals surface area contributed by atoms with E-state index in [0.29, 0.717) is 10.7 Å². The summed E-state index contributed by atoms with van der Waals surface area (Å²) in [4.78, 5) is 21.1. The Morgan fingerprint density at radius 2 is 1.79 bits per heavy atom. The predicted molar refractivity (Wildman–Crippen MR) is 94.4 cm³/mol. The van der Waals surface area contributed by atoms with Crippen LogP contribution in [0.4, 0.5) is 0 Å². The normalized spacial score (nSPS) is 15.9. The molecule has 1 saturated carbocycles. The number of hydrogen-bond donors (Lipinski definition) is 1. The Morgan fingerprint density at radius 3 is 2.33 bits per heavy atom. The van der Waals surface area contributed by atoms with Crippen molar-refractivity contribution in [2.24, 2.45) is 0 Å². The van der Waals surface area contributed by atoms with Gasteiger partial charge >= 0.3 is 0 Å². The number of aromatic nitrogens is 2. The fourth-order valence-electron chi connectivity index (χ4n) is 3.20. The fraction of sp³-hybridized carbons (Fsp3) is 0.389. The maximum absolute atomic E-state index is 12.7. The third-order valence-corrected chi connectivity index (χ3v) is 5.10. The zero-order chi connectivity index (χ0) is 17.0. The first-order valence-corrected chi connectivity index (χ1v) is 9.22. The van der Waals surface area contributed by atoms with Crippen molar-refractivity contribution in [1.82, 2.24) is 15.3 Å². The van der Waals surface area contributed by atoms with Crippen molar-refractivity contribution in [2.45, 2.75) is 36.4 Å². The van der Waals surface area contributed by atoms with Gasteiger partial charge in [-0.3, -0.25) is 4.79 Å². The maximum Gasteiger partial charge on any atom is 0.255 e. The third kappa shape index (κ3) is 3.38. The molecule has 0 spiro atoms. The molecule has 3 rings (SSSR count). The number of nitrogens with zero attached hydrogens (tertiary/aromatic N) is 2. The van der Waals surface area contributed by atoms with Crippen LogP contribution < -0.4 is 10.1 Å². The molecule has 0 radical (unpaired) electrons. The molecule has 1 amide bonds. The Balaban J connectivity index is 1.83. The van der Waals surface area contributed by atoms with Gasteiger partial charge in [0.1, 0.15) is 5.75 Å². The minimum absolute atomic E-state index is 0.125. The van der Waals surface area contributed by atoms with Crippen molar-refractivity contribution >= 4 is 17.7 Å². The Morgan fingerprint density at radius 1 is 1.17 bits per heavy atom. The fourth-order valence-corrected chi connectivity index (χ4v) is 3.52. The van der Waals surface area contributed by atoms with Crippen LogP contribution in [0.2, 0.25) is 0 Å². The van der Waals surface area contributed by atoms with Gasteiger partial charge in [0, 0.05) is 12.4 Å². The molecular formula is C18H21N3O2S. The van der Waals surface area contributed by atoms with Gasteiger partial charge in [-0.25, -0.2) is 9.97 Å². The number of amides is 1. The van der Waals surface area contributed by atoms with Crippen LogP contribution in [0.5, 0.6) is 5.75 Å². The van der Waals surface area contributed by atoms with Gasteiger partial charge in [-0.15, -0.1) is 0 Å². The average Bonchev–Trinajstić information content (AvgIpc) is 3.11. The molecule has 126 valence electrons. The van der Waals surface area contributed by atoms with E-state index in [1.54, 1.807) is 19.5 Å². The van der Waals surface area contributed by atoms with Crippen LogP contribution in [0.1, 0.15) is 41.6 Å². The van der Waals surface area contributed by atoms with E-state index in [-0.39, 0.29) is 11.4 Å². The number of methoxy groups -OCH3 is 1. The summed E-state index contributed by atoms with van der Waals surface area (Å²) in [6.07, 6.45) is 9.17. The molecule has 6 heteroatoms. The monoisotopic (exact) mass is 343 g/mol. The summed E-state index contributed by atoms with van der Waals surface area (Å²) < 4.78 is 5.23. The third-order valence-electron chi connectivity index (χ3n) is 4.53. The molecule has 1 aromatic carbocycles. The molecule has 0 atom stereocenters. The van der Waals surface area contributed by atoms with E-state index in [1.165, 1.54) is 11.8 Å². The molecule has 1 N–H and O–H groups in total. The number of rotatable bonds is 5. The van der Waals surface area contributed by atoms with Crippen LogP contribution in [0.25, 0.3) is 0 Å². The molecule has 0 bridgehead atoms. The van der Waals surface area contributed by atoms with Gasteiger partial charge in [0.05, 0.1) is 18.2 Å². The van der Waals surface area contributed by atoms with Gasteiger partial charge in [0.25, 0.3) is 5.91 Å². The molecule has 1 heterocycles. The zero-order valence-electron chi connectivity index (χ0n) is 13.9. The minimum Gasteiger partial charge on any atom is -0.497 e. The largest absolute Gasteiger partial charge is 0.497 e. The standard InChI is InChI=1S/C18H21N3O2S/c1-23-15-7-5-14(6-8-15)18(9-3-4-10-18)21-16(22)13-11-19-17(24-2)20-12-13/h5-8,11-12H,3-4,9-10H2,1-2H3,(H,21,22). The van der Waals surface area contributed by atoms with Crippen LogP contribution in [-0.4, -0.2) is 29.2 Å². The number of nitrogens with one attached hydrogen (secondary N) is 1. The number of hydrogen-bond acceptors (Lipinski definition) is 5. The smallest absolute Gasteiger partial charge is 0.255 e. The second-order valence-corrected chi connectivity index (χ2v) is 6.70. The van der Waals surface area contributed by atoms with Crippen molar-refractivity contribution in [2.75, 3.05) is 13.4 Å². The Kier molecular flexibility index (Phi) is 5.04. The topological polar surface area (TPSA) is 64.1 Å². The molecule has 1 fully saturated rings. The molecule has 1 aromatic heterocycles. The summed E-state index contributed by atoms with van der Waals surface area (Å²) in [5, 5.41) is 3.90. The molecule has 1 aliphatic rings. The lowest BCUT2D eigenvalue weighted by molar-refractivity contribution is 0.0897. The first-order valence-electron chi connectivity index (χ1n) is 8.00. The van der Waals surface area contributed by atoms with E-state index in [4.69, 9.17) is 4.74 Å². The molecule has 0 saturated heterocycles. The van der Waals surface area contributed by atoms with Crippen molar-refractivity contribution in [3.8, 4) is 5.75 Å². The average molecular weight is 343 g/mol. The molecule has 5 nitrogen and oxygen atoms in total. The van der Waals surface area contributed by atoms with E-state index in [9.17, 15) is 4.79 Å². The van der Waals surface area contributed by atoms with E-state index in [2.05, 4.69) is 15.3 Å². The number of ether oxygens (including phenoxy) is 1. The second-order valence-electron chi connectivity index (χ2n) is 5.93. The van der Waals surface area contributed by atoms with Crippen molar-refractivity contribution < 1.29 is 9.53 Å². The van der Waals surface area contributed by atoms with E-state index in [0.717, 1.165) is 37.0 Å². The van der Waals surface area contributed by atoms with Crippen LogP contribution in [0.15, 0.2) is 41.8 Å². The molecule has 1 aliphatic carbocycles. The summed E-state index contributed by atoms with van der Waals surface area (Å²) in [6.45, 7) is 0. The SMILES string of the molecule is COc1ccc(C2(NC(=O)c3cnc(SC)nc3)CCCC2)cc1. The van der Waals surface area contributed by atoms with Gasteiger partial charge in [0.2, 0.25) is 0 Å². The lowest BCUT2D eigenvalue weighted by Crippen LogP contribution is -2.43. The Labute approximate surface area is 146 Å². The quantitative estimate of drug-likeness (QED) is 0.666. The van der Waals surface area contributed by atoms with E-state index >= 15 is 0 Å². The van der Waals surface area contributed by atoms with Gasteiger partial charge in [-0.05, 0) is 36.8 Å². The molecule has 2 aromatic rings. The van der Waals surface area contributed by atoms with E-state index < -0.39 is 0 Å². The molecular weight excluding hydrogens is 322 g/mol. The lowest BCUT2D eigenvalue weighted by atomic mass is 9.87. The number of carbonyl (C=O) groups is 1. The van der Waals surface area contributed by atoms with Crippen LogP contribution in [-0.2, 0) is 5.54 Å². The second kappa shape index (κ2) is 7.21. The lowest BCUT2D eigenvalue weighted by Gasteiger charge is -2.31. The summed E-state index contributed by atoms with van der Waals surface area (Å²) in [5.41, 5.74) is 1.30. The zero-order valence-corrected chi connectivity index (χ0v) is 14.7. The predicted octanol–water partition coefficient (Wildman–Crippen LogP) is 3.41. The van der Waals surface area contributed by atoms with E-state index in [1.807, 2.05) is 30.5 Å². The van der Waals surface area contributed by atoms with Crippen molar-refractivity contribution in [1.29, 1.82) is 0 Å². The summed E-state index contributed by atoms with van der Waals surface area (Å²) in [7, 11) is 1.65. The summed E-state index contributed by atoms with van der Waals surface area (Å²) >= 11 is 1.46. The Hall–Kier alpha value is -2.08. The first-order chi connectivity index (χ1) is 11.7. The maximum atomic E-state index is 12.7. The number of thioether (sulfide) groups is 1. The van der Waals surface area contributed by atoms with Gasteiger partial charge in [-0.2, -0.15) is 0 Å². The van der Waals surface area contributed by atoms with Gasteiger partial charge in [0.15, 0.2) is 5.16 Å². The summed E-state index contributed by atoms with van der Waals surface area (Å²) in [5.74, 6) is 0.694. The summed E-state index contributed by atoms with van der Waals surface area (Å²) in [6, 6.07) is 7.96. The van der Waals surface area contributed by atoms with Crippen molar-refractivity contribution in [3.05, 3.63) is 47.8 Å². The molecule has 24 heavy (non-hydrogen) atoms. The van der Waals surface area contributed by atoms with Crippen LogP contribution in [0, 0.1) is 0 Å². The first kappa shape index (κ1) is 16.8. The molecule has 0 aliphatic heterocycles. The highest BCUT2D eigenvalue weighted by Gasteiger charge is 2.37. The molecule has 0 unspecified atom stereocenters.